The maximum atomic E-state index is 6.10. The van der Waals surface area contributed by atoms with Gasteiger partial charge in [0.25, 0.3) is 0 Å². The minimum Gasteiger partial charge on any atom is -0.456 e. The normalized spacial score (nSPS) is 10.6. The highest BCUT2D eigenvalue weighted by molar-refractivity contribution is 6.42. The Kier molecular flexibility index (Phi) is 3.33. The second-order valence-electron chi connectivity index (χ2n) is 4.09. The minimum atomic E-state index is 0.422. The summed E-state index contributed by atoms with van der Waals surface area (Å²) in [6, 6.07) is 20.0. The van der Waals surface area contributed by atoms with E-state index in [4.69, 9.17) is 27.9 Å². The van der Waals surface area contributed by atoms with Crippen LogP contribution in [0.1, 0.15) is 0 Å². The van der Waals surface area contributed by atoms with Gasteiger partial charge in [-0.2, -0.15) is 0 Å². The van der Waals surface area contributed by atoms with E-state index in [9.17, 15) is 0 Å². The van der Waals surface area contributed by atoms with E-state index in [2.05, 4.69) is 6.07 Å². The Morgan fingerprint density at radius 2 is 1.84 bits per heavy atom. The minimum absolute atomic E-state index is 0.422. The van der Waals surface area contributed by atoms with Crippen LogP contribution >= 0.6 is 23.2 Å². The molecule has 3 rings (SSSR count). The van der Waals surface area contributed by atoms with Crippen LogP contribution < -0.4 is 4.74 Å². The van der Waals surface area contributed by atoms with E-state index in [0.717, 1.165) is 16.5 Å². The van der Waals surface area contributed by atoms with Crippen molar-refractivity contribution >= 4 is 34.0 Å². The molecule has 0 spiro atoms. The Morgan fingerprint density at radius 3 is 2.74 bits per heavy atom. The average Bonchev–Trinajstić information content (AvgIpc) is 2.44. The lowest BCUT2D eigenvalue weighted by molar-refractivity contribution is 0.484. The van der Waals surface area contributed by atoms with Crippen LogP contribution in [-0.4, -0.2) is 0 Å². The van der Waals surface area contributed by atoms with Gasteiger partial charge in [0.2, 0.25) is 0 Å². The van der Waals surface area contributed by atoms with Gasteiger partial charge in [0, 0.05) is 0 Å². The largest absolute Gasteiger partial charge is 0.456 e. The molecular weight excluding hydrogens is 279 g/mol. The van der Waals surface area contributed by atoms with Crippen LogP contribution in [0.15, 0.2) is 54.6 Å². The van der Waals surface area contributed by atoms with E-state index in [0.29, 0.717) is 15.8 Å². The summed E-state index contributed by atoms with van der Waals surface area (Å²) in [6.07, 6.45) is 0. The fraction of sp³-hybridized carbons (Fsp3) is 0. The van der Waals surface area contributed by atoms with Crippen LogP contribution in [0.4, 0.5) is 0 Å². The molecule has 0 saturated heterocycles. The van der Waals surface area contributed by atoms with Crippen molar-refractivity contribution in [2.45, 2.75) is 0 Å². The number of rotatable bonds is 2. The highest BCUT2D eigenvalue weighted by atomic mass is 35.5. The molecule has 3 aromatic rings. The van der Waals surface area contributed by atoms with Crippen LogP contribution in [-0.2, 0) is 0 Å². The molecule has 93 valence electrons. The van der Waals surface area contributed by atoms with Crippen molar-refractivity contribution in [1.29, 1.82) is 0 Å². The number of halogens is 2. The first-order valence-corrected chi connectivity index (χ1v) is 6.51. The summed E-state index contributed by atoms with van der Waals surface area (Å²) in [6.45, 7) is 0. The lowest BCUT2D eigenvalue weighted by atomic mass is 10.1. The van der Waals surface area contributed by atoms with Crippen molar-refractivity contribution in [2.24, 2.45) is 0 Å². The predicted molar refractivity (Wildman–Crippen MR) is 79.3 cm³/mol. The molecule has 0 saturated carbocycles. The third-order valence-electron chi connectivity index (χ3n) is 2.80. The highest BCUT2D eigenvalue weighted by Gasteiger charge is 2.06. The Morgan fingerprint density at radius 1 is 0.947 bits per heavy atom. The van der Waals surface area contributed by atoms with Crippen molar-refractivity contribution < 1.29 is 4.74 Å². The topological polar surface area (TPSA) is 9.23 Å². The molecular formula is C16H9Cl2O. The number of hydrogen-bond donors (Lipinski definition) is 0. The number of fused-ring (bicyclic) bond motifs is 1. The Balaban J connectivity index is 1.99. The maximum Gasteiger partial charge on any atom is 0.147 e. The second-order valence-corrected chi connectivity index (χ2v) is 4.87. The molecule has 0 bridgehead atoms. The smallest absolute Gasteiger partial charge is 0.147 e. The van der Waals surface area contributed by atoms with Crippen LogP contribution in [0.2, 0.25) is 10.0 Å². The number of hydrogen-bond acceptors (Lipinski definition) is 1. The van der Waals surface area contributed by atoms with E-state index in [1.54, 1.807) is 18.2 Å². The predicted octanol–water partition coefficient (Wildman–Crippen LogP) is 5.74. The van der Waals surface area contributed by atoms with Gasteiger partial charge >= 0.3 is 0 Å². The fourth-order valence-electron chi connectivity index (χ4n) is 1.86. The highest BCUT2D eigenvalue weighted by Crippen LogP contribution is 2.35. The van der Waals surface area contributed by atoms with E-state index >= 15 is 0 Å². The van der Waals surface area contributed by atoms with Gasteiger partial charge in [-0.3, -0.25) is 0 Å². The molecule has 0 aliphatic rings. The van der Waals surface area contributed by atoms with Gasteiger partial charge in [0.1, 0.15) is 16.5 Å². The van der Waals surface area contributed by atoms with Gasteiger partial charge in [-0.05, 0) is 47.2 Å². The van der Waals surface area contributed by atoms with Gasteiger partial charge < -0.3 is 4.74 Å². The van der Waals surface area contributed by atoms with E-state index in [1.807, 2.05) is 36.4 Å². The van der Waals surface area contributed by atoms with Crippen LogP contribution in [0, 0.1) is 6.07 Å². The Labute approximate surface area is 121 Å². The summed E-state index contributed by atoms with van der Waals surface area (Å²) in [7, 11) is 0. The number of ether oxygens (including phenoxy) is 1. The summed E-state index contributed by atoms with van der Waals surface area (Å²) in [5.41, 5.74) is 0. The van der Waals surface area contributed by atoms with Crippen LogP contribution in [0.25, 0.3) is 10.8 Å². The van der Waals surface area contributed by atoms with Gasteiger partial charge in [0.05, 0.1) is 5.02 Å². The SMILES string of the molecule is Clc1cccc(Oc2ccc3c[c]ccc3c2)c1Cl. The molecule has 3 heteroatoms. The molecule has 0 aromatic heterocycles. The molecule has 1 radical (unpaired) electrons. The molecule has 0 fully saturated rings. The van der Waals surface area contributed by atoms with Gasteiger partial charge in [-0.25, -0.2) is 0 Å². The first-order valence-electron chi connectivity index (χ1n) is 5.76. The summed E-state index contributed by atoms with van der Waals surface area (Å²) in [5, 5.41) is 3.11. The first kappa shape index (κ1) is 12.3. The Bertz CT molecular complexity index is 738. The molecule has 0 amide bonds. The number of benzene rings is 3. The van der Waals surface area contributed by atoms with E-state index in [1.165, 1.54) is 0 Å². The van der Waals surface area contributed by atoms with E-state index in [-0.39, 0.29) is 0 Å². The summed E-state index contributed by atoms with van der Waals surface area (Å²) < 4.78 is 5.77. The zero-order valence-corrected chi connectivity index (χ0v) is 11.4. The fourth-order valence-corrected chi connectivity index (χ4v) is 2.19. The third-order valence-corrected chi connectivity index (χ3v) is 3.60. The molecule has 0 unspecified atom stereocenters. The third kappa shape index (κ3) is 2.53. The molecule has 19 heavy (non-hydrogen) atoms. The van der Waals surface area contributed by atoms with Gasteiger partial charge in [-0.15, -0.1) is 0 Å². The second kappa shape index (κ2) is 5.12. The summed E-state index contributed by atoms with van der Waals surface area (Å²) >= 11 is 12.1. The molecule has 0 aliphatic heterocycles. The lowest BCUT2D eigenvalue weighted by Gasteiger charge is -2.09. The zero-order valence-electron chi connectivity index (χ0n) is 9.86. The molecule has 0 atom stereocenters. The van der Waals surface area contributed by atoms with Gasteiger partial charge in [-0.1, -0.05) is 47.5 Å². The molecule has 3 aromatic carbocycles. The first-order chi connectivity index (χ1) is 9.24. The van der Waals surface area contributed by atoms with Gasteiger partial charge in [0.15, 0.2) is 0 Å². The molecule has 0 aliphatic carbocycles. The Hall–Kier alpha value is -1.70. The van der Waals surface area contributed by atoms with Crippen molar-refractivity contribution in [1.82, 2.24) is 0 Å². The van der Waals surface area contributed by atoms with Crippen molar-refractivity contribution in [3.8, 4) is 11.5 Å². The lowest BCUT2D eigenvalue weighted by Crippen LogP contribution is -1.86. The van der Waals surface area contributed by atoms with Crippen molar-refractivity contribution in [2.75, 3.05) is 0 Å². The van der Waals surface area contributed by atoms with Crippen molar-refractivity contribution in [3.63, 3.8) is 0 Å². The maximum absolute atomic E-state index is 6.10. The average molecular weight is 288 g/mol. The zero-order chi connectivity index (χ0) is 13.2. The summed E-state index contributed by atoms with van der Waals surface area (Å²) in [4.78, 5) is 0. The molecule has 0 heterocycles. The standard InChI is InChI=1S/C16H9Cl2O/c17-14-6-3-7-15(16(14)18)19-13-9-8-11-4-1-2-5-12(11)10-13/h2-10H. The monoisotopic (exact) mass is 287 g/mol. The quantitative estimate of drug-likeness (QED) is 0.584. The summed E-state index contributed by atoms with van der Waals surface area (Å²) in [5.74, 6) is 1.28. The molecule has 0 N–H and O–H groups in total. The van der Waals surface area contributed by atoms with Crippen LogP contribution in [0.3, 0.4) is 0 Å². The van der Waals surface area contributed by atoms with E-state index < -0.39 is 0 Å². The molecule has 1 nitrogen and oxygen atoms in total. The van der Waals surface area contributed by atoms with Crippen molar-refractivity contribution in [3.05, 3.63) is 70.7 Å². The van der Waals surface area contributed by atoms with Crippen LogP contribution in [0.5, 0.6) is 11.5 Å².